The van der Waals surface area contributed by atoms with Crippen molar-refractivity contribution in [2.24, 2.45) is 9.98 Å². The summed E-state index contributed by atoms with van der Waals surface area (Å²) in [5.74, 6) is 0.469. The Labute approximate surface area is 592 Å². The smallest absolute Gasteiger partial charge is 0.146 e. The number of nitrogens with zero attached hydrogens (tertiary/aromatic N) is 4. The normalized spacial score (nSPS) is 14.5. The molecule has 0 saturated heterocycles. The second-order valence-electron chi connectivity index (χ2n) is 28.4. The molecule has 6 nitrogen and oxygen atoms in total. The van der Waals surface area contributed by atoms with E-state index in [9.17, 15) is 0 Å². The number of para-hydroxylation sites is 2. The van der Waals surface area contributed by atoms with Crippen LogP contribution in [0, 0.1) is 0 Å². The largest absolute Gasteiger partial charge is 0.455 e. The van der Waals surface area contributed by atoms with Crippen LogP contribution in [0.3, 0.4) is 0 Å². The van der Waals surface area contributed by atoms with Gasteiger partial charge in [-0.15, -0.1) is 0 Å². The van der Waals surface area contributed by atoms with Crippen LogP contribution in [0.25, 0.3) is 131 Å². The molecular formula is C96H70N4O2. The quantitative estimate of drug-likeness (QED) is 0.0956. The van der Waals surface area contributed by atoms with Gasteiger partial charge >= 0.3 is 0 Å². The lowest BCUT2D eigenvalue weighted by Crippen LogP contribution is -2.19. The lowest BCUT2D eigenvalue weighted by atomic mass is 9.80. The van der Waals surface area contributed by atoms with Gasteiger partial charge in [-0.2, -0.15) is 0 Å². The molecule has 3 heterocycles. The van der Waals surface area contributed by atoms with Gasteiger partial charge in [0, 0.05) is 77.9 Å². The predicted molar refractivity (Wildman–Crippen MR) is 429 cm³/mol. The van der Waals surface area contributed by atoms with E-state index in [1.807, 2.05) is 6.21 Å². The molecule has 1 fully saturated rings. The molecule has 3 aliphatic rings. The second kappa shape index (κ2) is 23.9. The summed E-state index contributed by atoms with van der Waals surface area (Å²) in [6.45, 7) is 5.14. The van der Waals surface area contributed by atoms with Crippen molar-refractivity contribution in [3.8, 4) is 44.5 Å². The number of furan rings is 2. The third kappa shape index (κ3) is 9.53. The van der Waals surface area contributed by atoms with Gasteiger partial charge in [-0.25, -0.2) is 4.99 Å². The monoisotopic (exact) mass is 1310 g/mol. The number of hydrogen-bond donors (Lipinski definition) is 0. The van der Waals surface area contributed by atoms with Crippen molar-refractivity contribution >= 4 is 127 Å². The van der Waals surface area contributed by atoms with E-state index >= 15 is 0 Å². The van der Waals surface area contributed by atoms with Gasteiger partial charge in [0.1, 0.15) is 29.0 Å². The standard InChI is InChI=1S/C96H70N4O2/c1-96(2)81-46-23-22-40-71(81)77-55-67(48-50-82(77)96)100(84-53-65-35-24-43-69(62-31-12-5-13-32-62)88(65)73-42-21-20-41-72(73)84)85-57-80-83(99-52-26-51-97-59-99)56-78-79(93(63-33-14-6-15-34-63)98-66-36-16-7-17-37-66)58-87-90(76-45-25-44-74(94(76)102-87)70-39-19-18-38-68(70)61-29-10-4-11-30-61)91(78)92(80)95-89(85)75-49-47-64(54-86(75)101-95)60-27-8-3-9-28-60/h3,5-9,12-28,31-58,61H,4,10-11,29-30,59H2,1-2H3. The third-order valence-corrected chi connectivity index (χ3v) is 22.3. The van der Waals surface area contributed by atoms with E-state index in [0.29, 0.717) is 12.6 Å². The summed E-state index contributed by atoms with van der Waals surface area (Å²) in [6.07, 6.45) is 12.3. The lowest BCUT2D eigenvalue weighted by molar-refractivity contribution is 0.444. The van der Waals surface area contributed by atoms with Crippen molar-refractivity contribution in [1.29, 1.82) is 0 Å². The highest BCUT2D eigenvalue weighted by Crippen LogP contribution is 2.57. The first-order valence-corrected chi connectivity index (χ1v) is 36.0. The Kier molecular flexibility index (Phi) is 14.0. The number of allylic oxidation sites excluding steroid dienone is 1. The first-order valence-electron chi connectivity index (χ1n) is 36.0. The topological polar surface area (TPSA) is 57.5 Å². The first-order chi connectivity index (χ1) is 50.4. The zero-order valence-electron chi connectivity index (χ0n) is 56.9. The molecule has 6 heteroatoms. The average molecular weight is 1310 g/mol. The lowest BCUT2D eigenvalue weighted by Gasteiger charge is -2.31. The molecule has 15 aromatic carbocycles. The summed E-state index contributed by atoms with van der Waals surface area (Å²) >= 11 is 0. The fraction of sp³-hybridized carbons (Fsp3) is 0.104. The summed E-state index contributed by atoms with van der Waals surface area (Å²) < 4.78 is 15.8. The number of hydrogen-bond acceptors (Lipinski definition) is 6. The Morgan fingerprint density at radius 2 is 1.12 bits per heavy atom. The van der Waals surface area contributed by atoms with Gasteiger partial charge in [0.15, 0.2) is 0 Å². The number of rotatable bonds is 11. The highest BCUT2D eigenvalue weighted by molar-refractivity contribution is 6.40. The van der Waals surface area contributed by atoms with Crippen molar-refractivity contribution in [2.75, 3.05) is 16.5 Å². The van der Waals surface area contributed by atoms with Crippen LogP contribution in [0.1, 0.15) is 79.7 Å². The van der Waals surface area contributed by atoms with Crippen LogP contribution in [0.4, 0.5) is 28.4 Å². The fourth-order valence-corrected chi connectivity index (χ4v) is 17.6. The molecule has 17 aromatic rings. The molecule has 486 valence electrons. The maximum Gasteiger partial charge on any atom is 0.146 e. The highest BCUT2D eigenvalue weighted by atomic mass is 16.3. The molecule has 0 amide bonds. The van der Waals surface area contributed by atoms with Crippen LogP contribution in [0.2, 0.25) is 0 Å². The Balaban J connectivity index is 0.983. The number of aliphatic imine (C=N–C) groups is 2. The third-order valence-electron chi connectivity index (χ3n) is 22.3. The SMILES string of the molecule is CC1(C)c2ccccc2-c2cc(N(c3cc4cccc(-c5ccccc5)c4c4ccccc34)c3cc4c(N5C=CC=NC5)cc5c(C(=Nc6ccccc6)c6ccccc6)cc6oc7c(-c8ccccc8C8CCCCC8)cccc7c6c5c4c4oc5cc(-c6ccccc6)ccc5c34)ccc21. The summed E-state index contributed by atoms with van der Waals surface area (Å²) in [7, 11) is 0. The van der Waals surface area contributed by atoms with Gasteiger partial charge in [0.05, 0.1) is 33.8 Å². The molecule has 0 radical (unpaired) electrons. The van der Waals surface area contributed by atoms with E-state index in [0.717, 1.165) is 138 Å². The van der Waals surface area contributed by atoms with Crippen molar-refractivity contribution in [3.63, 3.8) is 0 Å². The van der Waals surface area contributed by atoms with Gasteiger partial charge in [0.2, 0.25) is 0 Å². The molecule has 1 aliphatic heterocycles. The zero-order chi connectivity index (χ0) is 67.6. The molecule has 0 N–H and O–H groups in total. The van der Waals surface area contributed by atoms with Gasteiger partial charge in [-0.3, -0.25) is 4.99 Å². The molecule has 2 aromatic heterocycles. The summed E-state index contributed by atoms with van der Waals surface area (Å²) in [5.41, 5.74) is 23.9. The molecule has 0 spiro atoms. The molecule has 20 rings (SSSR count). The molecule has 1 saturated carbocycles. The minimum atomic E-state index is -0.222. The molecule has 102 heavy (non-hydrogen) atoms. The molecular weight excluding hydrogens is 1240 g/mol. The molecule has 2 aliphatic carbocycles. The van der Waals surface area contributed by atoms with E-state index in [4.69, 9.17) is 18.8 Å². The minimum absolute atomic E-state index is 0.222. The van der Waals surface area contributed by atoms with Crippen molar-refractivity contribution < 1.29 is 8.83 Å². The summed E-state index contributed by atoms with van der Waals surface area (Å²) in [4.78, 5) is 15.6. The van der Waals surface area contributed by atoms with Crippen LogP contribution < -0.4 is 9.80 Å². The van der Waals surface area contributed by atoms with Gasteiger partial charge in [0.25, 0.3) is 0 Å². The van der Waals surface area contributed by atoms with E-state index in [-0.39, 0.29) is 5.41 Å². The number of benzene rings is 15. The van der Waals surface area contributed by atoms with Crippen molar-refractivity contribution in [1.82, 2.24) is 0 Å². The van der Waals surface area contributed by atoms with E-state index in [1.165, 1.54) is 87.4 Å². The summed E-state index contributed by atoms with van der Waals surface area (Å²) in [5, 5.41) is 12.7. The van der Waals surface area contributed by atoms with Crippen molar-refractivity contribution in [2.45, 2.75) is 57.3 Å². The second-order valence-corrected chi connectivity index (χ2v) is 28.4. The average Bonchev–Trinajstić information content (AvgIpc) is 1.45. The minimum Gasteiger partial charge on any atom is -0.455 e. The zero-order valence-corrected chi connectivity index (χ0v) is 56.9. The Bertz CT molecular complexity index is 6350. The van der Waals surface area contributed by atoms with Gasteiger partial charge in [-0.1, -0.05) is 264 Å². The van der Waals surface area contributed by atoms with E-state index in [2.05, 4.69) is 327 Å². The first kappa shape index (κ1) is 59.7. The van der Waals surface area contributed by atoms with Gasteiger partial charge < -0.3 is 18.6 Å². The fourth-order valence-electron chi connectivity index (χ4n) is 17.6. The van der Waals surface area contributed by atoms with Crippen LogP contribution >= 0.6 is 0 Å². The van der Waals surface area contributed by atoms with Crippen LogP contribution in [-0.4, -0.2) is 18.6 Å². The molecule has 0 bridgehead atoms. The Hall–Kier alpha value is -12.4. The van der Waals surface area contributed by atoms with E-state index in [1.54, 1.807) is 0 Å². The molecule has 0 unspecified atom stereocenters. The molecule has 0 atom stereocenters. The number of fused-ring (bicyclic) bond motifs is 17. The Morgan fingerprint density at radius 1 is 0.441 bits per heavy atom. The predicted octanol–water partition coefficient (Wildman–Crippen LogP) is 26.5. The van der Waals surface area contributed by atoms with Crippen LogP contribution in [0.5, 0.6) is 0 Å². The van der Waals surface area contributed by atoms with Crippen LogP contribution in [-0.2, 0) is 5.41 Å². The van der Waals surface area contributed by atoms with Crippen LogP contribution in [0.15, 0.2) is 322 Å². The maximum atomic E-state index is 8.05. The van der Waals surface area contributed by atoms with Crippen molar-refractivity contribution in [3.05, 3.63) is 331 Å². The Morgan fingerprint density at radius 3 is 1.92 bits per heavy atom. The van der Waals surface area contributed by atoms with Gasteiger partial charge in [-0.05, 0) is 163 Å². The summed E-state index contributed by atoms with van der Waals surface area (Å²) in [6, 6.07) is 107. The maximum absolute atomic E-state index is 8.05. The number of anilines is 4. The highest BCUT2D eigenvalue weighted by Gasteiger charge is 2.37. The van der Waals surface area contributed by atoms with E-state index < -0.39 is 0 Å².